The van der Waals surface area contributed by atoms with E-state index in [0.29, 0.717) is 24.5 Å². The summed E-state index contributed by atoms with van der Waals surface area (Å²) in [6, 6.07) is 1.80. The molecule has 9 heteroatoms. The van der Waals surface area contributed by atoms with Crippen molar-refractivity contribution >= 4 is 15.9 Å². The van der Waals surface area contributed by atoms with Crippen LogP contribution in [0.2, 0.25) is 0 Å². The van der Waals surface area contributed by atoms with Gasteiger partial charge in [-0.25, -0.2) is 8.42 Å². The molecule has 5 rings (SSSR count). The Hall–Kier alpha value is -1.45. The van der Waals surface area contributed by atoms with Crippen molar-refractivity contribution in [2.24, 2.45) is 0 Å². The lowest BCUT2D eigenvalue weighted by Crippen LogP contribution is -2.54. The number of amides is 1. The van der Waals surface area contributed by atoms with E-state index in [1.807, 2.05) is 0 Å². The smallest absolute Gasteiger partial charge is 0.273 e. The molecule has 4 fully saturated rings. The zero-order valence-corrected chi connectivity index (χ0v) is 16.8. The van der Waals surface area contributed by atoms with Crippen molar-refractivity contribution in [2.45, 2.75) is 81.5 Å². The zero-order chi connectivity index (χ0) is 19.3. The van der Waals surface area contributed by atoms with Crippen LogP contribution in [0.15, 0.2) is 10.6 Å². The van der Waals surface area contributed by atoms with Crippen LogP contribution in [0.4, 0.5) is 0 Å². The maximum Gasteiger partial charge on any atom is 0.273 e. The summed E-state index contributed by atoms with van der Waals surface area (Å²) in [4.78, 5) is 12.5. The first-order valence-corrected chi connectivity index (χ1v) is 12.1. The Morgan fingerprint density at radius 1 is 1.21 bits per heavy atom. The van der Waals surface area contributed by atoms with Crippen LogP contribution in [0.3, 0.4) is 0 Å². The Bertz CT molecular complexity index is 830. The normalized spacial score (nSPS) is 33.3. The van der Waals surface area contributed by atoms with Crippen molar-refractivity contribution in [3.63, 3.8) is 0 Å². The molecule has 1 aromatic rings. The standard InChI is InChI=1S/C19H28N4O4S/c24-19(17-10-18(27-22-17)12-3-4-12)21-14-8-15-5-6-16(9-14)23(15)28(25,26)11-13-2-1-7-20-13/h10,12-16,20H,1-9,11H2,(H,21,24)/t13-,14?,15-,16+/m1/s1. The number of hydrogen-bond acceptors (Lipinski definition) is 6. The summed E-state index contributed by atoms with van der Waals surface area (Å²) in [5.41, 5.74) is 0.330. The van der Waals surface area contributed by atoms with Gasteiger partial charge in [-0.15, -0.1) is 0 Å². The summed E-state index contributed by atoms with van der Waals surface area (Å²) >= 11 is 0. The largest absolute Gasteiger partial charge is 0.360 e. The predicted octanol–water partition coefficient (Wildman–Crippen LogP) is 1.36. The quantitative estimate of drug-likeness (QED) is 0.736. The minimum absolute atomic E-state index is 0.00483. The number of rotatable bonds is 6. The maximum atomic E-state index is 13.0. The first-order valence-electron chi connectivity index (χ1n) is 10.5. The van der Waals surface area contributed by atoms with Crippen LogP contribution in [-0.4, -0.2) is 60.3 Å². The molecule has 0 aromatic carbocycles. The van der Waals surface area contributed by atoms with Gasteiger partial charge in [0.15, 0.2) is 5.69 Å². The molecule has 1 unspecified atom stereocenters. The molecule has 3 aliphatic heterocycles. The van der Waals surface area contributed by atoms with Gasteiger partial charge in [0, 0.05) is 36.2 Å². The van der Waals surface area contributed by atoms with Crippen LogP contribution >= 0.6 is 0 Å². The number of piperidine rings is 1. The van der Waals surface area contributed by atoms with Crippen LogP contribution in [0.1, 0.15) is 73.5 Å². The van der Waals surface area contributed by atoms with Gasteiger partial charge in [-0.1, -0.05) is 5.16 Å². The minimum Gasteiger partial charge on any atom is -0.360 e. The Morgan fingerprint density at radius 2 is 1.96 bits per heavy atom. The third-order valence-electron chi connectivity index (χ3n) is 6.64. The lowest BCUT2D eigenvalue weighted by Gasteiger charge is -2.38. The minimum atomic E-state index is -3.28. The number of carbonyl (C=O) groups is 1. The van der Waals surface area contributed by atoms with Gasteiger partial charge in [-0.3, -0.25) is 4.79 Å². The second kappa shape index (κ2) is 7.11. The highest BCUT2D eigenvalue weighted by Crippen LogP contribution is 2.40. The molecule has 4 heterocycles. The fourth-order valence-electron chi connectivity index (χ4n) is 5.16. The third-order valence-corrected chi connectivity index (χ3v) is 8.70. The van der Waals surface area contributed by atoms with E-state index >= 15 is 0 Å². The van der Waals surface area contributed by atoms with E-state index in [1.165, 1.54) is 0 Å². The van der Waals surface area contributed by atoms with Gasteiger partial charge in [-0.05, 0) is 57.9 Å². The number of nitrogens with zero attached hydrogens (tertiary/aromatic N) is 2. The van der Waals surface area contributed by atoms with E-state index in [2.05, 4.69) is 15.8 Å². The van der Waals surface area contributed by atoms with E-state index < -0.39 is 10.0 Å². The average molecular weight is 409 g/mol. The van der Waals surface area contributed by atoms with Gasteiger partial charge >= 0.3 is 0 Å². The molecule has 1 amide bonds. The topological polar surface area (TPSA) is 105 Å². The summed E-state index contributed by atoms with van der Waals surface area (Å²) in [7, 11) is -3.28. The van der Waals surface area contributed by atoms with Crippen molar-refractivity contribution in [3.05, 3.63) is 17.5 Å². The van der Waals surface area contributed by atoms with E-state index in [0.717, 1.165) is 50.8 Å². The van der Waals surface area contributed by atoms with Crippen LogP contribution in [0.5, 0.6) is 0 Å². The summed E-state index contributed by atoms with van der Waals surface area (Å²) < 4.78 is 33.0. The number of fused-ring (bicyclic) bond motifs is 2. The Kier molecular flexibility index (Phi) is 4.71. The van der Waals surface area contributed by atoms with Gasteiger partial charge in [0.25, 0.3) is 5.91 Å². The van der Waals surface area contributed by atoms with Gasteiger partial charge < -0.3 is 15.2 Å². The average Bonchev–Trinajstić information content (AvgIpc) is 3.04. The van der Waals surface area contributed by atoms with E-state index in [-0.39, 0.29) is 35.8 Å². The lowest BCUT2D eigenvalue weighted by atomic mass is 9.99. The molecule has 2 bridgehead atoms. The van der Waals surface area contributed by atoms with Crippen LogP contribution in [-0.2, 0) is 10.0 Å². The molecule has 3 saturated heterocycles. The highest BCUT2D eigenvalue weighted by atomic mass is 32.2. The van der Waals surface area contributed by atoms with Crippen molar-refractivity contribution in [1.82, 2.24) is 20.1 Å². The molecular formula is C19H28N4O4S. The van der Waals surface area contributed by atoms with Gasteiger partial charge in [0.1, 0.15) is 5.76 Å². The van der Waals surface area contributed by atoms with Crippen LogP contribution < -0.4 is 10.6 Å². The monoisotopic (exact) mass is 408 g/mol. The molecule has 1 aromatic heterocycles. The molecule has 4 atom stereocenters. The van der Waals surface area contributed by atoms with Gasteiger partial charge in [0.2, 0.25) is 10.0 Å². The highest BCUT2D eigenvalue weighted by Gasteiger charge is 2.47. The van der Waals surface area contributed by atoms with Crippen LogP contribution in [0.25, 0.3) is 0 Å². The third kappa shape index (κ3) is 3.59. The Morgan fingerprint density at radius 3 is 2.61 bits per heavy atom. The molecule has 4 aliphatic rings. The fraction of sp³-hybridized carbons (Fsp3) is 0.789. The molecule has 0 spiro atoms. The van der Waals surface area contributed by atoms with Crippen molar-refractivity contribution in [1.29, 1.82) is 0 Å². The van der Waals surface area contributed by atoms with Gasteiger partial charge in [0.05, 0.1) is 5.75 Å². The fourth-order valence-corrected chi connectivity index (χ4v) is 7.42. The van der Waals surface area contributed by atoms with E-state index in [1.54, 1.807) is 10.4 Å². The first kappa shape index (κ1) is 18.6. The molecule has 0 radical (unpaired) electrons. The van der Waals surface area contributed by atoms with E-state index in [9.17, 15) is 13.2 Å². The Balaban J connectivity index is 1.21. The number of hydrogen-bond donors (Lipinski definition) is 2. The molecule has 1 saturated carbocycles. The summed E-state index contributed by atoms with van der Waals surface area (Å²) in [5, 5.41) is 10.3. The number of sulfonamides is 1. The van der Waals surface area contributed by atoms with Crippen molar-refractivity contribution < 1.29 is 17.7 Å². The summed E-state index contributed by atoms with van der Waals surface area (Å²) in [5.74, 6) is 1.20. The van der Waals surface area contributed by atoms with Gasteiger partial charge in [-0.2, -0.15) is 4.31 Å². The van der Waals surface area contributed by atoms with Crippen molar-refractivity contribution in [3.8, 4) is 0 Å². The maximum absolute atomic E-state index is 13.0. The first-order chi connectivity index (χ1) is 13.5. The second-order valence-corrected chi connectivity index (χ2v) is 10.7. The summed E-state index contributed by atoms with van der Waals surface area (Å²) in [6.45, 7) is 0.908. The summed E-state index contributed by atoms with van der Waals surface area (Å²) in [6.07, 6.45) is 7.28. The number of nitrogens with one attached hydrogen (secondary N) is 2. The molecule has 2 N–H and O–H groups in total. The zero-order valence-electron chi connectivity index (χ0n) is 16.0. The predicted molar refractivity (Wildman–Crippen MR) is 102 cm³/mol. The molecule has 28 heavy (non-hydrogen) atoms. The van der Waals surface area contributed by atoms with Crippen molar-refractivity contribution in [2.75, 3.05) is 12.3 Å². The molecule has 1 aliphatic carbocycles. The van der Waals surface area contributed by atoms with E-state index in [4.69, 9.17) is 4.52 Å². The number of carbonyl (C=O) groups excluding carboxylic acids is 1. The second-order valence-electron chi connectivity index (χ2n) is 8.82. The Labute approximate surface area is 165 Å². The SMILES string of the molecule is O=C(NC1C[C@H]2CC[C@@H](C1)N2S(=O)(=O)C[C@H]1CCCN1)c1cc(C2CC2)on1. The lowest BCUT2D eigenvalue weighted by molar-refractivity contribution is 0.0900. The molecule has 8 nitrogen and oxygen atoms in total. The highest BCUT2D eigenvalue weighted by molar-refractivity contribution is 7.89. The van der Waals surface area contributed by atoms with Crippen LogP contribution in [0, 0.1) is 0 Å². The number of aromatic nitrogens is 1. The molecule has 154 valence electrons. The molecular weight excluding hydrogens is 380 g/mol.